The van der Waals surface area contributed by atoms with Gasteiger partial charge in [-0.15, -0.1) is 0 Å². The summed E-state index contributed by atoms with van der Waals surface area (Å²) in [5.41, 5.74) is 1.90. The van der Waals surface area contributed by atoms with E-state index >= 15 is 0 Å². The number of benzene rings is 2. The van der Waals surface area contributed by atoms with Crippen LogP contribution in [0.3, 0.4) is 0 Å². The zero-order chi connectivity index (χ0) is 21.8. The van der Waals surface area contributed by atoms with Gasteiger partial charge in [0.25, 0.3) is 0 Å². The molecule has 1 saturated heterocycles. The Morgan fingerprint density at radius 2 is 1.77 bits per heavy atom. The van der Waals surface area contributed by atoms with E-state index in [4.69, 9.17) is 4.42 Å². The first-order chi connectivity index (χ1) is 14.9. The minimum absolute atomic E-state index is 0.0579. The molecule has 0 atom stereocenters. The standard InChI is InChI=1S/C23H25N3O4S/c1-17-11-13-26(14-12-17)31(28,29)21-9-7-19(8-10-21)24-22(27)15-20-16-30-23(25-20)18-5-3-2-4-6-18/h2-10,16-17H,11-15H2,1H3,(H,24,27). The van der Waals surface area contributed by atoms with Gasteiger partial charge in [-0.05, 0) is 55.2 Å². The van der Waals surface area contributed by atoms with Crippen LogP contribution >= 0.6 is 0 Å². The lowest BCUT2D eigenvalue weighted by Crippen LogP contribution is -2.37. The van der Waals surface area contributed by atoms with Crippen LogP contribution in [0.2, 0.25) is 0 Å². The van der Waals surface area contributed by atoms with Gasteiger partial charge in [-0.2, -0.15) is 4.31 Å². The second kappa shape index (κ2) is 9.03. The number of hydrogen-bond donors (Lipinski definition) is 1. The normalized spacial score (nSPS) is 15.6. The maximum atomic E-state index is 12.8. The Kier molecular flexibility index (Phi) is 6.20. The van der Waals surface area contributed by atoms with Crippen LogP contribution in [-0.2, 0) is 21.2 Å². The Labute approximate surface area is 182 Å². The molecule has 162 valence electrons. The van der Waals surface area contributed by atoms with Gasteiger partial charge in [0.2, 0.25) is 21.8 Å². The highest BCUT2D eigenvalue weighted by molar-refractivity contribution is 7.89. The first kappa shape index (κ1) is 21.3. The Morgan fingerprint density at radius 3 is 2.45 bits per heavy atom. The molecule has 1 amide bonds. The van der Waals surface area contributed by atoms with E-state index in [2.05, 4.69) is 17.2 Å². The minimum Gasteiger partial charge on any atom is -0.444 e. The van der Waals surface area contributed by atoms with Crippen molar-refractivity contribution in [3.8, 4) is 11.5 Å². The number of piperidine rings is 1. The number of oxazole rings is 1. The SMILES string of the molecule is CC1CCN(S(=O)(=O)c2ccc(NC(=O)Cc3coc(-c4ccccc4)n3)cc2)CC1. The molecule has 0 unspecified atom stereocenters. The summed E-state index contributed by atoms with van der Waals surface area (Å²) in [6.07, 6.45) is 3.28. The second-order valence-electron chi connectivity index (χ2n) is 7.85. The fraction of sp³-hybridized carbons (Fsp3) is 0.304. The molecule has 1 aromatic heterocycles. The van der Waals surface area contributed by atoms with E-state index in [1.165, 1.54) is 22.7 Å². The number of nitrogens with zero attached hydrogens (tertiary/aromatic N) is 2. The molecule has 4 rings (SSSR count). The minimum atomic E-state index is -3.50. The summed E-state index contributed by atoms with van der Waals surface area (Å²) in [5, 5.41) is 2.77. The molecule has 0 spiro atoms. The van der Waals surface area contributed by atoms with Gasteiger partial charge < -0.3 is 9.73 Å². The van der Waals surface area contributed by atoms with Gasteiger partial charge in [-0.1, -0.05) is 25.1 Å². The smallest absolute Gasteiger partial charge is 0.243 e. The number of carbonyl (C=O) groups is 1. The van der Waals surface area contributed by atoms with Crippen molar-refractivity contribution >= 4 is 21.6 Å². The summed E-state index contributed by atoms with van der Waals surface area (Å²) in [6, 6.07) is 15.7. The maximum Gasteiger partial charge on any atom is 0.243 e. The Balaban J connectivity index is 1.37. The second-order valence-corrected chi connectivity index (χ2v) is 9.78. The fourth-order valence-corrected chi connectivity index (χ4v) is 5.03. The van der Waals surface area contributed by atoms with Crippen LogP contribution in [0, 0.1) is 5.92 Å². The lowest BCUT2D eigenvalue weighted by atomic mass is 10.0. The number of carbonyl (C=O) groups excluding carboxylic acids is 1. The van der Waals surface area contributed by atoms with E-state index < -0.39 is 10.0 Å². The van der Waals surface area contributed by atoms with Crippen LogP contribution in [0.4, 0.5) is 5.69 Å². The number of hydrogen-bond acceptors (Lipinski definition) is 5. The number of rotatable bonds is 6. The molecule has 2 heterocycles. The number of nitrogens with one attached hydrogen (secondary N) is 1. The van der Waals surface area contributed by atoms with E-state index in [0.29, 0.717) is 36.3 Å². The van der Waals surface area contributed by atoms with Crippen molar-refractivity contribution in [1.29, 1.82) is 0 Å². The summed E-state index contributed by atoms with van der Waals surface area (Å²) in [7, 11) is -3.50. The van der Waals surface area contributed by atoms with Gasteiger partial charge in [0.05, 0.1) is 17.0 Å². The van der Waals surface area contributed by atoms with E-state index in [-0.39, 0.29) is 17.2 Å². The molecule has 1 N–H and O–H groups in total. The van der Waals surface area contributed by atoms with Crippen LogP contribution in [-0.4, -0.2) is 36.7 Å². The molecular formula is C23H25N3O4S. The largest absolute Gasteiger partial charge is 0.444 e. The molecule has 1 aliphatic heterocycles. The zero-order valence-electron chi connectivity index (χ0n) is 17.3. The van der Waals surface area contributed by atoms with Gasteiger partial charge in [0.1, 0.15) is 6.26 Å². The third kappa shape index (κ3) is 5.03. The molecule has 7 nitrogen and oxygen atoms in total. The topological polar surface area (TPSA) is 92.5 Å². The Hall–Kier alpha value is -2.97. The predicted molar refractivity (Wildman–Crippen MR) is 118 cm³/mol. The summed E-state index contributed by atoms with van der Waals surface area (Å²) >= 11 is 0. The lowest BCUT2D eigenvalue weighted by molar-refractivity contribution is -0.115. The van der Waals surface area contributed by atoms with Crippen LogP contribution in [0.15, 0.2) is 70.2 Å². The summed E-state index contributed by atoms with van der Waals surface area (Å²) < 4.78 is 32.6. The molecule has 0 aliphatic carbocycles. The fourth-order valence-electron chi connectivity index (χ4n) is 3.56. The van der Waals surface area contributed by atoms with Crippen LogP contribution in [0.5, 0.6) is 0 Å². The first-order valence-electron chi connectivity index (χ1n) is 10.3. The van der Waals surface area contributed by atoms with E-state index in [1.54, 1.807) is 12.1 Å². The molecule has 0 saturated carbocycles. The summed E-state index contributed by atoms with van der Waals surface area (Å²) in [6.45, 7) is 3.23. The molecule has 1 aliphatic rings. The highest BCUT2D eigenvalue weighted by atomic mass is 32.2. The van der Waals surface area contributed by atoms with Crippen LogP contribution in [0.25, 0.3) is 11.5 Å². The van der Waals surface area contributed by atoms with Crippen molar-refractivity contribution in [2.45, 2.75) is 31.1 Å². The molecule has 0 radical (unpaired) electrons. The van der Waals surface area contributed by atoms with Gasteiger partial charge >= 0.3 is 0 Å². The van der Waals surface area contributed by atoms with Crippen LogP contribution in [0.1, 0.15) is 25.5 Å². The van der Waals surface area contributed by atoms with Crippen LogP contribution < -0.4 is 5.32 Å². The van der Waals surface area contributed by atoms with Gasteiger partial charge in [0.15, 0.2) is 0 Å². The zero-order valence-corrected chi connectivity index (χ0v) is 18.1. The first-order valence-corrected chi connectivity index (χ1v) is 11.8. The number of amides is 1. The molecule has 3 aromatic rings. The number of sulfonamides is 1. The maximum absolute atomic E-state index is 12.8. The van der Waals surface area contributed by atoms with E-state index in [9.17, 15) is 13.2 Å². The lowest BCUT2D eigenvalue weighted by Gasteiger charge is -2.29. The van der Waals surface area contributed by atoms with Crippen molar-refractivity contribution in [3.63, 3.8) is 0 Å². The quantitative estimate of drug-likeness (QED) is 0.628. The third-order valence-electron chi connectivity index (χ3n) is 5.43. The Morgan fingerprint density at radius 1 is 1.10 bits per heavy atom. The summed E-state index contributed by atoms with van der Waals surface area (Å²) in [4.78, 5) is 17.0. The number of anilines is 1. The monoisotopic (exact) mass is 439 g/mol. The molecular weight excluding hydrogens is 414 g/mol. The highest BCUT2D eigenvalue weighted by Gasteiger charge is 2.27. The molecule has 8 heteroatoms. The van der Waals surface area contributed by atoms with Crippen molar-refractivity contribution in [1.82, 2.24) is 9.29 Å². The average molecular weight is 440 g/mol. The average Bonchev–Trinajstić information content (AvgIpc) is 3.23. The van der Waals surface area contributed by atoms with Crippen molar-refractivity contribution in [2.24, 2.45) is 5.92 Å². The number of aromatic nitrogens is 1. The van der Waals surface area contributed by atoms with E-state index in [1.807, 2.05) is 30.3 Å². The Bertz CT molecular complexity index is 1130. The highest BCUT2D eigenvalue weighted by Crippen LogP contribution is 2.24. The van der Waals surface area contributed by atoms with E-state index in [0.717, 1.165) is 18.4 Å². The molecule has 0 bridgehead atoms. The third-order valence-corrected chi connectivity index (χ3v) is 7.35. The molecule has 31 heavy (non-hydrogen) atoms. The van der Waals surface area contributed by atoms with Gasteiger partial charge in [-0.3, -0.25) is 4.79 Å². The van der Waals surface area contributed by atoms with Crippen molar-refractivity contribution < 1.29 is 17.6 Å². The molecule has 1 fully saturated rings. The van der Waals surface area contributed by atoms with Crippen molar-refractivity contribution in [2.75, 3.05) is 18.4 Å². The van der Waals surface area contributed by atoms with Gasteiger partial charge in [0, 0.05) is 24.3 Å². The van der Waals surface area contributed by atoms with Crippen molar-refractivity contribution in [3.05, 3.63) is 66.6 Å². The predicted octanol–water partition coefficient (Wildman–Crippen LogP) is 3.94. The molecule has 2 aromatic carbocycles. The van der Waals surface area contributed by atoms with Gasteiger partial charge in [-0.25, -0.2) is 13.4 Å². The summed E-state index contributed by atoms with van der Waals surface area (Å²) in [5.74, 6) is 0.760.